The Balaban J connectivity index is 1.33. The minimum atomic E-state index is -4.06. The highest BCUT2D eigenvalue weighted by atomic mass is 32.2. The number of hydrogen-bond acceptors (Lipinski definition) is 7. The van der Waals surface area contributed by atoms with Crippen molar-refractivity contribution >= 4 is 21.1 Å². The summed E-state index contributed by atoms with van der Waals surface area (Å²) >= 11 is 0. The minimum absolute atomic E-state index is 0.0376. The van der Waals surface area contributed by atoms with Crippen LogP contribution in [0.2, 0.25) is 0 Å². The van der Waals surface area contributed by atoms with Crippen LogP contribution in [-0.4, -0.2) is 37.3 Å². The van der Waals surface area contributed by atoms with Crippen LogP contribution in [0.1, 0.15) is 42.6 Å². The number of hydrogen-bond donors (Lipinski definition) is 0. The molecule has 4 heterocycles. The fraction of sp³-hybridized carbons (Fsp3) is 0.300. The molecule has 4 aromatic heterocycles. The van der Waals surface area contributed by atoms with Crippen molar-refractivity contribution in [1.82, 2.24) is 28.9 Å². The molecule has 1 fully saturated rings. The van der Waals surface area contributed by atoms with Crippen LogP contribution in [0.25, 0.3) is 22.4 Å². The molecule has 8 nitrogen and oxygen atoms in total. The Hall–Kier alpha value is -4.12. The van der Waals surface area contributed by atoms with Crippen LogP contribution in [0.5, 0.6) is 0 Å². The van der Waals surface area contributed by atoms with Crippen molar-refractivity contribution in [3.05, 3.63) is 96.1 Å². The molecule has 0 aliphatic heterocycles. The maximum absolute atomic E-state index is 15.0. The molecule has 0 unspecified atom stereocenters. The second-order valence-electron chi connectivity index (χ2n) is 10.7. The molecule has 2 atom stereocenters. The number of aromatic nitrogens is 6. The average Bonchev–Trinajstić information content (AvgIpc) is 3.35. The Labute approximate surface area is 236 Å². The molecule has 11 heteroatoms. The zero-order chi connectivity index (χ0) is 28.6. The molecule has 6 rings (SSSR count). The molecule has 0 saturated heterocycles. The predicted molar refractivity (Wildman–Crippen MR) is 149 cm³/mol. The first-order chi connectivity index (χ1) is 19.8. The standard InChI is InChI=1S/C30H28F2N6O2S/c1-19-5-7-24(8-6-19)41(39,40)38-18-26(25-14-22(31)15-36-30(25)38)29-35-17-27(32)28(37-29)13-21-4-2-3-20(11-21)12-23-16-33-9-10-34-23/h5-10,14-18,20-21H,2-4,11-13H2,1H3/t20-,21+/m1/s1. The third-order valence-electron chi connectivity index (χ3n) is 7.70. The molecule has 0 spiro atoms. The molecule has 210 valence electrons. The van der Waals surface area contributed by atoms with Gasteiger partial charge in [-0.25, -0.2) is 36.1 Å². The van der Waals surface area contributed by atoms with E-state index in [4.69, 9.17) is 0 Å². The summed E-state index contributed by atoms with van der Waals surface area (Å²) in [5.74, 6) is -0.393. The van der Waals surface area contributed by atoms with Crippen molar-refractivity contribution in [3.63, 3.8) is 0 Å². The number of fused-ring (bicyclic) bond motifs is 1. The largest absolute Gasteiger partial charge is 0.269 e. The van der Waals surface area contributed by atoms with E-state index in [1.54, 1.807) is 30.7 Å². The van der Waals surface area contributed by atoms with Crippen LogP contribution >= 0.6 is 0 Å². The lowest BCUT2D eigenvalue weighted by Gasteiger charge is -2.29. The first-order valence-corrected chi connectivity index (χ1v) is 15.0. The van der Waals surface area contributed by atoms with Gasteiger partial charge in [-0.1, -0.05) is 37.0 Å². The molecule has 0 amide bonds. The fourth-order valence-electron chi connectivity index (χ4n) is 5.69. The van der Waals surface area contributed by atoms with E-state index in [0.717, 1.165) is 59.7 Å². The van der Waals surface area contributed by atoms with Crippen LogP contribution in [0.4, 0.5) is 8.78 Å². The number of rotatable bonds is 7. The zero-order valence-electron chi connectivity index (χ0n) is 22.4. The van der Waals surface area contributed by atoms with Gasteiger partial charge in [0.2, 0.25) is 0 Å². The summed E-state index contributed by atoms with van der Waals surface area (Å²) in [6, 6.07) is 7.61. The maximum Gasteiger partial charge on any atom is 0.269 e. The van der Waals surface area contributed by atoms with Crippen LogP contribution < -0.4 is 0 Å². The van der Waals surface area contributed by atoms with Gasteiger partial charge < -0.3 is 0 Å². The first kappa shape index (κ1) is 27.1. The Morgan fingerprint density at radius 2 is 1.73 bits per heavy atom. The minimum Gasteiger partial charge on any atom is -0.261 e. The highest BCUT2D eigenvalue weighted by molar-refractivity contribution is 7.90. The van der Waals surface area contributed by atoms with Gasteiger partial charge in [0.15, 0.2) is 17.3 Å². The molecule has 1 aromatic carbocycles. The molecule has 5 aromatic rings. The Morgan fingerprint density at radius 1 is 0.951 bits per heavy atom. The molecule has 0 N–H and O–H groups in total. The summed E-state index contributed by atoms with van der Waals surface area (Å²) in [4.78, 5) is 21.4. The monoisotopic (exact) mass is 574 g/mol. The van der Waals surface area contributed by atoms with Gasteiger partial charge in [0.05, 0.1) is 28.7 Å². The van der Waals surface area contributed by atoms with E-state index in [1.165, 1.54) is 24.4 Å². The van der Waals surface area contributed by atoms with Gasteiger partial charge in [-0.3, -0.25) is 9.97 Å². The fourth-order valence-corrected chi connectivity index (χ4v) is 7.02. The SMILES string of the molecule is Cc1ccc(S(=O)(=O)n2cc(-c3ncc(F)c(C[C@H]4CCC[C@@H](Cc5cnccn5)C4)n3)c3cc(F)cnc32)cc1. The van der Waals surface area contributed by atoms with E-state index in [2.05, 4.69) is 24.9 Å². The first-order valence-electron chi connectivity index (χ1n) is 13.5. The predicted octanol–water partition coefficient (Wildman–Crippen LogP) is 5.70. The third-order valence-corrected chi connectivity index (χ3v) is 9.37. The summed E-state index contributed by atoms with van der Waals surface area (Å²) in [6.45, 7) is 1.86. The van der Waals surface area contributed by atoms with Crippen LogP contribution in [-0.2, 0) is 22.9 Å². The van der Waals surface area contributed by atoms with E-state index < -0.39 is 21.7 Å². The quantitative estimate of drug-likeness (QED) is 0.246. The van der Waals surface area contributed by atoms with Crippen molar-refractivity contribution in [2.45, 2.75) is 50.3 Å². The van der Waals surface area contributed by atoms with Crippen molar-refractivity contribution in [2.75, 3.05) is 0 Å². The maximum atomic E-state index is 15.0. The van der Waals surface area contributed by atoms with Crippen LogP contribution in [0.3, 0.4) is 0 Å². The van der Waals surface area contributed by atoms with Crippen LogP contribution in [0.15, 0.2) is 72.4 Å². The molecule has 0 bridgehead atoms. The van der Waals surface area contributed by atoms with Gasteiger partial charge in [0.1, 0.15) is 5.82 Å². The molecular weight excluding hydrogens is 546 g/mol. The lowest BCUT2D eigenvalue weighted by molar-refractivity contribution is 0.259. The van der Waals surface area contributed by atoms with Crippen molar-refractivity contribution in [3.8, 4) is 11.4 Å². The van der Waals surface area contributed by atoms with E-state index >= 15 is 0 Å². The van der Waals surface area contributed by atoms with Crippen molar-refractivity contribution < 1.29 is 17.2 Å². The summed E-state index contributed by atoms with van der Waals surface area (Å²) < 4.78 is 57.4. The molecule has 1 saturated carbocycles. The molecule has 0 radical (unpaired) electrons. The average molecular weight is 575 g/mol. The highest BCUT2D eigenvalue weighted by Crippen LogP contribution is 2.35. The molecular formula is C30H28F2N6O2S. The van der Waals surface area contributed by atoms with E-state index in [-0.39, 0.29) is 38.9 Å². The second-order valence-corrected chi connectivity index (χ2v) is 12.5. The van der Waals surface area contributed by atoms with Gasteiger partial charge in [-0.15, -0.1) is 0 Å². The number of aryl methyl sites for hydroxylation is 1. The Morgan fingerprint density at radius 3 is 2.49 bits per heavy atom. The summed E-state index contributed by atoms with van der Waals surface area (Å²) in [5, 5.41) is 0.222. The summed E-state index contributed by atoms with van der Waals surface area (Å²) in [7, 11) is -4.06. The van der Waals surface area contributed by atoms with Gasteiger partial charge in [-0.05, 0) is 56.2 Å². The number of pyridine rings is 1. The number of benzene rings is 1. The summed E-state index contributed by atoms with van der Waals surface area (Å²) in [5.41, 5.74) is 2.41. The number of halogens is 2. The Bertz CT molecular complexity index is 1810. The zero-order valence-corrected chi connectivity index (χ0v) is 23.2. The topological polar surface area (TPSA) is 104 Å². The normalized spacial score (nSPS) is 17.6. The van der Waals surface area contributed by atoms with Gasteiger partial charge in [0.25, 0.3) is 10.0 Å². The van der Waals surface area contributed by atoms with Gasteiger partial charge >= 0.3 is 0 Å². The van der Waals surface area contributed by atoms with E-state index in [0.29, 0.717) is 12.3 Å². The van der Waals surface area contributed by atoms with Gasteiger partial charge in [0, 0.05) is 35.7 Å². The molecule has 1 aliphatic rings. The van der Waals surface area contributed by atoms with E-state index in [9.17, 15) is 17.2 Å². The summed E-state index contributed by atoms with van der Waals surface area (Å²) in [6.07, 6.45) is 13.8. The lowest BCUT2D eigenvalue weighted by atomic mass is 9.77. The van der Waals surface area contributed by atoms with E-state index in [1.807, 2.05) is 6.92 Å². The van der Waals surface area contributed by atoms with Gasteiger partial charge in [-0.2, -0.15) is 0 Å². The van der Waals surface area contributed by atoms with Crippen LogP contribution in [0, 0.1) is 30.4 Å². The highest BCUT2D eigenvalue weighted by Gasteiger charge is 2.27. The Kier molecular flexibility index (Phi) is 7.29. The van der Waals surface area contributed by atoms with Crippen molar-refractivity contribution in [2.24, 2.45) is 11.8 Å². The smallest absolute Gasteiger partial charge is 0.261 e. The van der Waals surface area contributed by atoms with Crippen molar-refractivity contribution in [1.29, 1.82) is 0 Å². The second kappa shape index (κ2) is 11.0. The molecule has 1 aliphatic carbocycles. The number of nitrogens with zero attached hydrogens (tertiary/aromatic N) is 6. The third kappa shape index (κ3) is 5.58. The lowest BCUT2D eigenvalue weighted by Crippen LogP contribution is -2.20. The molecule has 41 heavy (non-hydrogen) atoms.